The molecule has 0 saturated heterocycles. The Hall–Kier alpha value is -1.41. The van der Waals surface area contributed by atoms with Crippen LogP contribution in [0.15, 0.2) is 18.2 Å². The van der Waals surface area contributed by atoms with Crippen molar-refractivity contribution in [3.05, 3.63) is 23.8 Å². The predicted octanol–water partition coefficient (Wildman–Crippen LogP) is 5.22. The van der Waals surface area contributed by atoms with Gasteiger partial charge in [0.1, 0.15) is 22.2 Å². The Labute approximate surface area is 145 Å². The minimum atomic E-state index is -1.59. The SMILES string of the molecule is CCCCC[P](=O)C1(C(=O)c2c(OC)cccc2OC)CCCC1. The summed E-state index contributed by atoms with van der Waals surface area (Å²) >= 11 is 0. The molecule has 1 fully saturated rings. The number of hydrogen-bond donors (Lipinski definition) is 0. The van der Waals surface area contributed by atoms with E-state index in [4.69, 9.17) is 9.47 Å². The summed E-state index contributed by atoms with van der Waals surface area (Å²) in [4.78, 5) is 13.5. The van der Waals surface area contributed by atoms with E-state index in [0.717, 1.165) is 32.1 Å². The van der Waals surface area contributed by atoms with Gasteiger partial charge in [0.25, 0.3) is 0 Å². The number of ketones is 1. The van der Waals surface area contributed by atoms with E-state index in [-0.39, 0.29) is 5.78 Å². The minimum absolute atomic E-state index is 0.0630. The number of carbonyl (C=O) groups excluding carboxylic acids is 1. The molecule has 1 radical (unpaired) electrons. The van der Waals surface area contributed by atoms with Crippen LogP contribution < -0.4 is 9.47 Å². The van der Waals surface area contributed by atoms with Crippen LogP contribution in [-0.2, 0) is 4.57 Å². The van der Waals surface area contributed by atoms with Crippen LogP contribution in [0.2, 0.25) is 0 Å². The number of rotatable bonds is 9. The Morgan fingerprint density at radius 2 is 1.71 bits per heavy atom. The summed E-state index contributed by atoms with van der Waals surface area (Å²) in [6.45, 7) is 2.13. The molecule has 0 amide bonds. The van der Waals surface area contributed by atoms with Crippen molar-refractivity contribution < 1.29 is 18.8 Å². The zero-order chi connectivity index (χ0) is 17.6. The maximum atomic E-state index is 13.5. The molecule has 0 aromatic heterocycles. The maximum absolute atomic E-state index is 13.5. The van der Waals surface area contributed by atoms with Gasteiger partial charge in [0, 0.05) is 6.16 Å². The first kappa shape index (κ1) is 18.9. The number of unbranched alkanes of at least 4 members (excludes halogenated alkanes) is 2. The monoisotopic (exact) mass is 351 g/mol. The summed E-state index contributed by atoms with van der Waals surface area (Å²) < 4.78 is 23.9. The molecular weight excluding hydrogens is 323 g/mol. The van der Waals surface area contributed by atoms with Crippen molar-refractivity contribution >= 4 is 13.6 Å². The first-order chi connectivity index (χ1) is 11.6. The van der Waals surface area contributed by atoms with Gasteiger partial charge < -0.3 is 9.47 Å². The van der Waals surface area contributed by atoms with E-state index in [1.54, 1.807) is 32.4 Å². The second-order valence-electron chi connectivity index (χ2n) is 6.41. The highest BCUT2D eigenvalue weighted by Crippen LogP contribution is 2.54. The van der Waals surface area contributed by atoms with Crippen LogP contribution in [0.3, 0.4) is 0 Å². The van der Waals surface area contributed by atoms with E-state index < -0.39 is 13.0 Å². The lowest BCUT2D eigenvalue weighted by Crippen LogP contribution is -2.33. The van der Waals surface area contributed by atoms with Crippen molar-refractivity contribution in [2.24, 2.45) is 0 Å². The van der Waals surface area contributed by atoms with Crippen molar-refractivity contribution in [2.45, 2.75) is 57.0 Å². The molecule has 5 heteroatoms. The smallest absolute Gasteiger partial charge is 0.187 e. The Morgan fingerprint density at radius 1 is 1.12 bits per heavy atom. The van der Waals surface area contributed by atoms with Gasteiger partial charge in [-0.15, -0.1) is 0 Å². The zero-order valence-corrected chi connectivity index (χ0v) is 15.9. The van der Waals surface area contributed by atoms with E-state index in [2.05, 4.69) is 6.92 Å². The molecule has 1 aromatic carbocycles. The lowest BCUT2D eigenvalue weighted by molar-refractivity contribution is 0.0934. The quantitative estimate of drug-likeness (QED) is 0.348. The molecular formula is C19H28O4P. The number of Topliss-reactive ketones (excluding diaryl/α,β-unsaturated/α-hetero) is 1. The van der Waals surface area contributed by atoms with Gasteiger partial charge in [-0.2, -0.15) is 0 Å². The van der Waals surface area contributed by atoms with Crippen LogP contribution in [0.25, 0.3) is 0 Å². The summed E-state index contributed by atoms with van der Waals surface area (Å²) in [7, 11) is 1.51. The largest absolute Gasteiger partial charge is 0.496 e. The fourth-order valence-corrected chi connectivity index (χ4v) is 5.67. The van der Waals surface area contributed by atoms with Gasteiger partial charge in [-0.05, 0) is 31.4 Å². The van der Waals surface area contributed by atoms with E-state index >= 15 is 0 Å². The molecule has 1 saturated carbocycles. The van der Waals surface area contributed by atoms with Crippen LogP contribution in [-0.4, -0.2) is 31.3 Å². The van der Waals surface area contributed by atoms with Gasteiger partial charge in [0.2, 0.25) is 0 Å². The summed E-state index contributed by atoms with van der Waals surface area (Å²) in [5.41, 5.74) is 0.447. The normalized spacial score (nSPS) is 16.7. The second-order valence-corrected chi connectivity index (χ2v) is 8.47. The molecule has 0 bridgehead atoms. The fourth-order valence-electron chi connectivity index (χ4n) is 3.58. The fraction of sp³-hybridized carbons (Fsp3) is 0.632. The third kappa shape index (κ3) is 3.64. The Kier molecular flexibility index (Phi) is 6.79. The highest BCUT2D eigenvalue weighted by Gasteiger charge is 2.48. The van der Waals surface area contributed by atoms with Crippen molar-refractivity contribution in [3.8, 4) is 11.5 Å². The third-order valence-electron chi connectivity index (χ3n) is 4.95. The number of benzene rings is 1. The summed E-state index contributed by atoms with van der Waals surface area (Å²) in [6, 6.07) is 5.34. The van der Waals surface area contributed by atoms with Crippen LogP contribution in [0.1, 0.15) is 62.2 Å². The third-order valence-corrected chi connectivity index (χ3v) is 7.28. The second kappa shape index (κ2) is 8.62. The zero-order valence-electron chi connectivity index (χ0n) is 15.0. The van der Waals surface area contributed by atoms with Crippen molar-refractivity contribution in [2.75, 3.05) is 20.4 Å². The van der Waals surface area contributed by atoms with E-state index in [1.165, 1.54) is 0 Å². The topological polar surface area (TPSA) is 52.6 Å². The Bertz CT molecular complexity index is 569. The van der Waals surface area contributed by atoms with Crippen LogP contribution in [0, 0.1) is 0 Å². The molecule has 0 N–H and O–H groups in total. The standard InChI is InChI=1S/C19H28O4P/c1-4-5-8-14-24(21)19(12-6-7-13-19)18(20)17-15(22-2)10-9-11-16(17)23-3/h9-11H,4-8,12-14H2,1-3H3. The number of methoxy groups -OCH3 is 2. The lowest BCUT2D eigenvalue weighted by Gasteiger charge is -2.27. The highest BCUT2D eigenvalue weighted by molar-refractivity contribution is 7.48. The van der Waals surface area contributed by atoms with E-state index in [0.29, 0.717) is 36.1 Å². The molecule has 1 aromatic rings. The number of carbonyl (C=O) groups is 1. The van der Waals surface area contributed by atoms with E-state index in [9.17, 15) is 9.36 Å². The van der Waals surface area contributed by atoms with Gasteiger partial charge in [-0.3, -0.25) is 9.36 Å². The molecule has 1 aliphatic carbocycles. The van der Waals surface area contributed by atoms with E-state index in [1.807, 2.05) is 0 Å². The van der Waals surface area contributed by atoms with Crippen molar-refractivity contribution in [1.82, 2.24) is 0 Å². The molecule has 24 heavy (non-hydrogen) atoms. The number of hydrogen-bond acceptors (Lipinski definition) is 4. The molecule has 2 rings (SSSR count). The Morgan fingerprint density at radius 3 is 2.21 bits per heavy atom. The van der Waals surface area contributed by atoms with Crippen LogP contribution in [0.5, 0.6) is 11.5 Å². The summed E-state index contributed by atoms with van der Waals surface area (Å²) in [6.07, 6.45) is 7.02. The van der Waals surface area contributed by atoms with Crippen molar-refractivity contribution in [1.29, 1.82) is 0 Å². The lowest BCUT2D eigenvalue weighted by atomic mass is 9.93. The highest BCUT2D eigenvalue weighted by atomic mass is 31.1. The van der Waals surface area contributed by atoms with Gasteiger partial charge in [0.05, 0.1) is 22.0 Å². The molecule has 1 atom stereocenters. The molecule has 133 valence electrons. The average Bonchev–Trinajstić information content (AvgIpc) is 3.11. The van der Waals surface area contributed by atoms with Crippen molar-refractivity contribution in [3.63, 3.8) is 0 Å². The first-order valence-corrected chi connectivity index (χ1v) is 10.3. The van der Waals surface area contributed by atoms with Crippen LogP contribution in [0.4, 0.5) is 0 Å². The average molecular weight is 351 g/mol. The van der Waals surface area contributed by atoms with Gasteiger partial charge in [-0.25, -0.2) is 0 Å². The Balaban J connectivity index is 2.38. The van der Waals surface area contributed by atoms with Crippen LogP contribution >= 0.6 is 7.80 Å². The first-order valence-electron chi connectivity index (χ1n) is 8.81. The molecule has 0 spiro atoms. The van der Waals surface area contributed by atoms with Gasteiger partial charge in [0.15, 0.2) is 5.78 Å². The van der Waals surface area contributed by atoms with Gasteiger partial charge >= 0.3 is 0 Å². The summed E-state index contributed by atoms with van der Waals surface area (Å²) in [5, 5.41) is -0.745. The predicted molar refractivity (Wildman–Crippen MR) is 97.1 cm³/mol. The van der Waals surface area contributed by atoms with Gasteiger partial charge in [-0.1, -0.05) is 38.7 Å². The molecule has 1 aliphatic rings. The minimum Gasteiger partial charge on any atom is -0.496 e. The molecule has 0 heterocycles. The molecule has 0 aliphatic heterocycles. The number of ether oxygens (including phenoxy) is 2. The maximum Gasteiger partial charge on any atom is 0.187 e. The molecule has 4 nitrogen and oxygen atoms in total. The summed E-state index contributed by atoms with van der Waals surface area (Å²) in [5.74, 6) is 0.942. The molecule has 1 unspecified atom stereocenters.